The fraction of sp³-hybridized carbons (Fsp3) is 0.222. The van der Waals surface area contributed by atoms with Gasteiger partial charge in [0, 0.05) is 6.04 Å². The summed E-state index contributed by atoms with van der Waals surface area (Å²) in [6.07, 6.45) is 2.55. The van der Waals surface area contributed by atoms with Crippen molar-refractivity contribution in [2.24, 2.45) is 11.7 Å². The maximum absolute atomic E-state index is 6.53. The highest BCUT2D eigenvalue weighted by atomic mass is 35.5. The number of rotatable bonds is 2. The average molecular weight is 284 g/mol. The second-order valence-electron chi connectivity index (χ2n) is 5.60. The summed E-state index contributed by atoms with van der Waals surface area (Å²) >= 11 is 0. The van der Waals surface area contributed by atoms with Gasteiger partial charge in [0.15, 0.2) is 0 Å². The predicted molar refractivity (Wildman–Crippen MR) is 88.4 cm³/mol. The van der Waals surface area contributed by atoms with Crippen LogP contribution in [0.25, 0.3) is 21.5 Å². The lowest BCUT2D eigenvalue weighted by atomic mass is 9.91. The van der Waals surface area contributed by atoms with Gasteiger partial charge >= 0.3 is 0 Å². The van der Waals surface area contributed by atoms with Crippen LogP contribution in [-0.4, -0.2) is 0 Å². The van der Waals surface area contributed by atoms with Crippen LogP contribution in [0.15, 0.2) is 54.6 Å². The maximum atomic E-state index is 6.53. The predicted octanol–water partition coefficient (Wildman–Crippen LogP) is 4.82. The monoisotopic (exact) mass is 283 g/mol. The Balaban J connectivity index is 0.00000121. The average Bonchev–Trinajstić information content (AvgIpc) is 3.28. The fourth-order valence-electron chi connectivity index (χ4n) is 3.10. The highest BCUT2D eigenvalue weighted by Gasteiger charge is 2.31. The molecule has 0 radical (unpaired) electrons. The lowest BCUT2D eigenvalue weighted by molar-refractivity contribution is 0.642. The molecule has 0 bridgehead atoms. The van der Waals surface area contributed by atoms with Gasteiger partial charge in [0.1, 0.15) is 0 Å². The SMILES string of the molecule is Cl.N[C@H](c1c2ccccc2cc2ccccc12)C1CC1. The summed E-state index contributed by atoms with van der Waals surface area (Å²) in [5.41, 5.74) is 7.88. The van der Waals surface area contributed by atoms with Crippen LogP contribution in [0.3, 0.4) is 0 Å². The molecule has 3 aromatic rings. The molecule has 2 heteroatoms. The normalized spacial score (nSPS) is 16.1. The molecule has 0 aliphatic heterocycles. The summed E-state index contributed by atoms with van der Waals surface area (Å²) in [5.74, 6) is 0.675. The number of hydrogen-bond acceptors (Lipinski definition) is 1. The number of hydrogen-bond donors (Lipinski definition) is 1. The Bertz CT molecular complexity index is 708. The van der Waals surface area contributed by atoms with Crippen molar-refractivity contribution >= 4 is 34.0 Å². The highest BCUT2D eigenvalue weighted by molar-refractivity contribution is 6.02. The number of fused-ring (bicyclic) bond motifs is 2. The minimum absolute atomic E-state index is 0. The number of nitrogens with two attached hydrogens (primary N) is 1. The highest BCUT2D eigenvalue weighted by Crippen LogP contribution is 2.43. The van der Waals surface area contributed by atoms with Crippen molar-refractivity contribution in [3.05, 3.63) is 60.2 Å². The van der Waals surface area contributed by atoms with E-state index in [9.17, 15) is 0 Å². The van der Waals surface area contributed by atoms with Crippen molar-refractivity contribution in [3.8, 4) is 0 Å². The fourth-order valence-corrected chi connectivity index (χ4v) is 3.10. The molecular weight excluding hydrogens is 266 g/mol. The molecule has 1 aliphatic carbocycles. The molecule has 20 heavy (non-hydrogen) atoms. The first-order valence-electron chi connectivity index (χ1n) is 7.00. The van der Waals surface area contributed by atoms with Gasteiger partial charge in [-0.15, -0.1) is 12.4 Å². The molecule has 4 rings (SSSR count). The standard InChI is InChI=1S/C18H17N.ClH/c19-18(12-9-10-12)17-15-7-3-1-5-13(15)11-14-6-2-4-8-16(14)17;/h1-8,11-12,18H,9-10,19H2;1H/t18-;/m0./s1. The third-order valence-corrected chi connectivity index (χ3v) is 4.28. The van der Waals surface area contributed by atoms with Crippen LogP contribution >= 0.6 is 12.4 Å². The lowest BCUT2D eigenvalue weighted by Gasteiger charge is -2.17. The summed E-state index contributed by atoms with van der Waals surface area (Å²) < 4.78 is 0. The summed E-state index contributed by atoms with van der Waals surface area (Å²) in [4.78, 5) is 0. The molecule has 1 aliphatic rings. The van der Waals surface area contributed by atoms with Gasteiger partial charge in [-0.2, -0.15) is 0 Å². The van der Waals surface area contributed by atoms with Gasteiger partial charge in [-0.05, 0) is 51.9 Å². The van der Waals surface area contributed by atoms with E-state index >= 15 is 0 Å². The minimum atomic E-state index is 0. The summed E-state index contributed by atoms with van der Waals surface area (Å²) in [6.45, 7) is 0. The van der Waals surface area contributed by atoms with Crippen LogP contribution in [0.2, 0.25) is 0 Å². The van der Waals surface area contributed by atoms with Crippen LogP contribution in [0.4, 0.5) is 0 Å². The van der Waals surface area contributed by atoms with E-state index < -0.39 is 0 Å². The van der Waals surface area contributed by atoms with E-state index in [4.69, 9.17) is 5.73 Å². The van der Waals surface area contributed by atoms with Crippen molar-refractivity contribution in [2.75, 3.05) is 0 Å². The molecule has 0 spiro atoms. The molecule has 0 heterocycles. The van der Waals surface area contributed by atoms with Crippen molar-refractivity contribution in [1.82, 2.24) is 0 Å². The van der Waals surface area contributed by atoms with Crippen LogP contribution < -0.4 is 5.73 Å². The van der Waals surface area contributed by atoms with E-state index in [-0.39, 0.29) is 18.4 Å². The first kappa shape index (κ1) is 13.4. The van der Waals surface area contributed by atoms with Crippen LogP contribution in [-0.2, 0) is 0 Å². The van der Waals surface area contributed by atoms with E-state index in [2.05, 4.69) is 54.6 Å². The van der Waals surface area contributed by atoms with Gasteiger partial charge < -0.3 is 5.73 Å². The molecule has 1 atom stereocenters. The van der Waals surface area contributed by atoms with Gasteiger partial charge in [-0.3, -0.25) is 0 Å². The molecule has 3 aromatic carbocycles. The Kier molecular flexibility index (Phi) is 3.41. The van der Waals surface area contributed by atoms with E-state index in [0.29, 0.717) is 5.92 Å². The Morgan fingerprint density at radius 3 is 1.85 bits per heavy atom. The zero-order valence-electron chi connectivity index (χ0n) is 11.3. The van der Waals surface area contributed by atoms with Crippen LogP contribution in [0.1, 0.15) is 24.4 Å². The van der Waals surface area contributed by atoms with Crippen molar-refractivity contribution < 1.29 is 0 Å². The van der Waals surface area contributed by atoms with Crippen LogP contribution in [0, 0.1) is 5.92 Å². The topological polar surface area (TPSA) is 26.0 Å². The molecule has 0 unspecified atom stereocenters. The molecule has 1 fully saturated rings. The van der Waals surface area contributed by atoms with Crippen molar-refractivity contribution in [1.29, 1.82) is 0 Å². The van der Waals surface area contributed by atoms with Gasteiger partial charge in [0.25, 0.3) is 0 Å². The third-order valence-electron chi connectivity index (χ3n) is 4.28. The summed E-state index contributed by atoms with van der Waals surface area (Å²) in [7, 11) is 0. The molecule has 0 aromatic heterocycles. The zero-order valence-corrected chi connectivity index (χ0v) is 12.1. The molecule has 0 saturated heterocycles. The maximum Gasteiger partial charge on any atom is 0.0335 e. The molecule has 1 nitrogen and oxygen atoms in total. The van der Waals surface area contributed by atoms with Gasteiger partial charge in [0.05, 0.1) is 0 Å². The van der Waals surface area contributed by atoms with Gasteiger partial charge in [-0.1, -0.05) is 48.5 Å². The smallest absolute Gasteiger partial charge is 0.0335 e. The Morgan fingerprint density at radius 2 is 1.35 bits per heavy atom. The Hall–Kier alpha value is -1.57. The number of halogens is 1. The van der Waals surface area contributed by atoms with Gasteiger partial charge in [-0.25, -0.2) is 0 Å². The van der Waals surface area contributed by atoms with E-state index in [1.165, 1.54) is 39.9 Å². The quantitative estimate of drug-likeness (QED) is 0.670. The Labute approximate surface area is 125 Å². The summed E-state index contributed by atoms with van der Waals surface area (Å²) in [5, 5.41) is 5.24. The van der Waals surface area contributed by atoms with E-state index in [0.717, 1.165) is 0 Å². The molecular formula is C18H18ClN. The largest absolute Gasteiger partial charge is 0.324 e. The molecule has 0 amide bonds. The Morgan fingerprint density at radius 1 is 0.850 bits per heavy atom. The van der Waals surface area contributed by atoms with E-state index in [1.807, 2.05) is 0 Å². The van der Waals surface area contributed by atoms with Crippen molar-refractivity contribution in [2.45, 2.75) is 18.9 Å². The second kappa shape index (κ2) is 5.08. The first-order valence-corrected chi connectivity index (χ1v) is 7.00. The second-order valence-corrected chi connectivity index (χ2v) is 5.60. The third kappa shape index (κ3) is 2.07. The van der Waals surface area contributed by atoms with Crippen molar-refractivity contribution in [3.63, 3.8) is 0 Å². The van der Waals surface area contributed by atoms with Gasteiger partial charge in [0.2, 0.25) is 0 Å². The van der Waals surface area contributed by atoms with Crippen LogP contribution in [0.5, 0.6) is 0 Å². The minimum Gasteiger partial charge on any atom is -0.324 e. The number of benzene rings is 3. The molecule has 2 N–H and O–H groups in total. The van der Waals surface area contributed by atoms with E-state index in [1.54, 1.807) is 0 Å². The summed E-state index contributed by atoms with van der Waals surface area (Å²) in [6, 6.07) is 19.7. The first-order chi connectivity index (χ1) is 9.34. The zero-order chi connectivity index (χ0) is 12.8. The lowest BCUT2D eigenvalue weighted by Crippen LogP contribution is -2.13. The molecule has 102 valence electrons. The molecule has 1 saturated carbocycles.